The molecule has 0 spiro atoms. The summed E-state index contributed by atoms with van der Waals surface area (Å²) in [6.45, 7) is 4.45. The highest BCUT2D eigenvalue weighted by Gasteiger charge is 2.45. The Kier molecular flexibility index (Phi) is 10.8. The van der Waals surface area contributed by atoms with Crippen LogP contribution in [0.25, 0.3) is 0 Å². The van der Waals surface area contributed by atoms with E-state index in [0.29, 0.717) is 13.1 Å². The van der Waals surface area contributed by atoms with Crippen molar-refractivity contribution in [2.45, 2.75) is 6.42 Å². The number of hydrogen-bond acceptors (Lipinski definition) is 7. The second kappa shape index (κ2) is 10.8. The van der Waals surface area contributed by atoms with E-state index in [4.69, 9.17) is 24.7 Å². The van der Waals surface area contributed by atoms with Crippen LogP contribution in [-0.2, 0) is 13.3 Å². The normalized spacial score (nSPS) is 12.3. The molecule has 0 amide bonds. The molecule has 110 valence electrons. The smallest absolute Gasteiger partial charge is 0.364 e. The van der Waals surface area contributed by atoms with E-state index in [-0.39, 0.29) is 0 Å². The first-order chi connectivity index (χ1) is 8.70. The number of rotatable bonds is 12. The van der Waals surface area contributed by atoms with Gasteiger partial charge in [-0.2, -0.15) is 0 Å². The summed E-state index contributed by atoms with van der Waals surface area (Å²) in [4.78, 5) is 0. The second-order valence-corrected chi connectivity index (χ2v) is 6.71. The summed E-state index contributed by atoms with van der Waals surface area (Å²) in [5.41, 5.74) is 11.0. The van der Waals surface area contributed by atoms with Gasteiger partial charge in [-0.3, -0.25) is 4.57 Å². The molecule has 0 atom stereocenters. The van der Waals surface area contributed by atoms with Crippen molar-refractivity contribution >= 4 is 8.97 Å². The lowest BCUT2D eigenvalue weighted by Gasteiger charge is -2.35. The lowest BCUT2D eigenvalue weighted by Crippen LogP contribution is -2.61. The second-order valence-electron chi connectivity index (χ2n) is 3.80. The molecule has 0 aromatic heterocycles. The van der Waals surface area contributed by atoms with E-state index < -0.39 is 8.97 Å². The number of nitrogens with zero attached hydrogens (tertiary/aromatic N) is 1. The van der Waals surface area contributed by atoms with Crippen LogP contribution < -0.4 is 16.8 Å². The van der Waals surface area contributed by atoms with Crippen LogP contribution in [-0.4, -0.2) is 74.1 Å². The van der Waals surface area contributed by atoms with Crippen LogP contribution in [0.1, 0.15) is 6.42 Å². The van der Waals surface area contributed by atoms with Crippen LogP contribution >= 0.6 is 0 Å². The maximum atomic E-state index is 5.55. The van der Waals surface area contributed by atoms with Gasteiger partial charge in [-0.15, -0.1) is 0 Å². The van der Waals surface area contributed by atoms with E-state index in [1.54, 1.807) is 21.3 Å². The Morgan fingerprint density at radius 2 is 1.56 bits per heavy atom. The van der Waals surface area contributed by atoms with Crippen LogP contribution in [0, 0.1) is 0 Å². The molecule has 7 nitrogen and oxygen atoms in total. The SMILES string of the molecule is CO[Si](OC)(OC)N(CCCN)CCNCCN. The van der Waals surface area contributed by atoms with Crippen LogP contribution in [0.5, 0.6) is 0 Å². The Morgan fingerprint density at radius 3 is 2.00 bits per heavy atom. The molecular formula is C10H28N4O3Si. The maximum absolute atomic E-state index is 5.55. The molecule has 0 bridgehead atoms. The third kappa shape index (κ3) is 5.72. The fraction of sp³-hybridized carbons (Fsp3) is 1.00. The van der Waals surface area contributed by atoms with E-state index in [2.05, 4.69) is 9.88 Å². The molecule has 0 heterocycles. The molecule has 0 aromatic rings. The predicted octanol–water partition coefficient (Wildman–Crippen LogP) is -1.44. The average molecular weight is 280 g/mol. The van der Waals surface area contributed by atoms with Gasteiger partial charge in [-0.1, -0.05) is 0 Å². The molecule has 0 fully saturated rings. The molecule has 0 aliphatic heterocycles. The average Bonchev–Trinajstić information content (AvgIpc) is 2.42. The topological polar surface area (TPSA) is 95.0 Å². The van der Waals surface area contributed by atoms with E-state index >= 15 is 0 Å². The molecule has 8 heteroatoms. The van der Waals surface area contributed by atoms with Crippen LogP contribution in [0.2, 0.25) is 0 Å². The van der Waals surface area contributed by atoms with Crippen molar-refractivity contribution < 1.29 is 13.3 Å². The van der Waals surface area contributed by atoms with Gasteiger partial charge in [-0.25, -0.2) is 0 Å². The molecule has 0 unspecified atom stereocenters. The van der Waals surface area contributed by atoms with Crippen molar-refractivity contribution in [2.24, 2.45) is 11.5 Å². The molecule has 5 N–H and O–H groups in total. The van der Waals surface area contributed by atoms with Gasteiger partial charge in [0.1, 0.15) is 0 Å². The van der Waals surface area contributed by atoms with Crippen LogP contribution in [0.3, 0.4) is 0 Å². The third-order valence-electron chi connectivity index (χ3n) is 2.67. The van der Waals surface area contributed by atoms with E-state index in [0.717, 1.165) is 32.6 Å². The van der Waals surface area contributed by atoms with E-state index in [1.165, 1.54) is 0 Å². The van der Waals surface area contributed by atoms with Crippen LogP contribution in [0.15, 0.2) is 0 Å². The van der Waals surface area contributed by atoms with Gasteiger partial charge in [0.15, 0.2) is 0 Å². The number of hydrogen-bond donors (Lipinski definition) is 3. The highest BCUT2D eigenvalue weighted by atomic mass is 28.4. The molecule has 0 rings (SSSR count). The fourth-order valence-corrected chi connectivity index (χ4v) is 3.84. The summed E-state index contributed by atoms with van der Waals surface area (Å²) in [5, 5.41) is 3.24. The first-order valence-corrected chi connectivity index (χ1v) is 7.89. The largest absolute Gasteiger partial charge is 0.598 e. The highest BCUT2D eigenvalue weighted by Crippen LogP contribution is 2.13. The van der Waals surface area contributed by atoms with Gasteiger partial charge in [0, 0.05) is 47.5 Å². The monoisotopic (exact) mass is 280 g/mol. The van der Waals surface area contributed by atoms with Gasteiger partial charge in [0.2, 0.25) is 0 Å². The molecular weight excluding hydrogens is 252 g/mol. The summed E-state index contributed by atoms with van der Waals surface area (Å²) in [6.07, 6.45) is 0.877. The summed E-state index contributed by atoms with van der Waals surface area (Å²) < 4.78 is 18.5. The molecule has 0 saturated heterocycles. The Balaban J connectivity index is 4.42. The van der Waals surface area contributed by atoms with Gasteiger partial charge < -0.3 is 30.1 Å². The van der Waals surface area contributed by atoms with E-state index in [9.17, 15) is 0 Å². The predicted molar refractivity (Wildman–Crippen MR) is 73.9 cm³/mol. The standard InChI is InChI=1S/C10H28N4O3Si/c1-15-18(16-2,17-3)14(9-4-5-11)10-8-13-7-6-12/h13H,4-12H2,1-3H3. The van der Waals surface area contributed by atoms with Crippen molar-refractivity contribution in [3.8, 4) is 0 Å². The molecule has 0 radical (unpaired) electrons. The number of nitrogens with two attached hydrogens (primary N) is 2. The lowest BCUT2D eigenvalue weighted by atomic mass is 10.4. The summed E-state index contributed by atoms with van der Waals surface area (Å²) in [5.74, 6) is 0. The maximum Gasteiger partial charge on any atom is 0.598 e. The van der Waals surface area contributed by atoms with Crippen molar-refractivity contribution in [2.75, 3.05) is 60.6 Å². The summed E-state index contributed by atoms with van der Waals surface area (Å²) >= 11 is 0. The Hall–Kier alpha value is -0.0631. The zero-order valence-corrected chi connectivity index (χ0v) is 12.8. The van der Waals surface area contributed by atoms with Gasteiger partial charge in [0.05, 0.1) is 0 Å². The first kappa shape index (κ1) is 17.9. The molecule has 0 aromatic carbocycles. The van der Waals surface area contributed by atoms with Crippen molar-refractivity contribution in [1.82, 2.24) is 9.88 Å². The van der Waals surface area contributed by atoms with Crippen molar-refractivity contribution in [1.29, 1.82) is 0 Å². The quantitative estimate of drug-likeness (QED) is 0.298. The summed E-state index contributed by atoms with van der Waals surface area (Å²) in [7, 11) is 2.10. The third-order valence-corrected chi connectivity index (χ3v) is 5.44. The van der Waals surface area contributed by atoms with Crippen molar-refractivity contribution in [3.05, 3.63) is 0 Å². The molecule has 0 aliphatic rings. The highest BCUT2D eigenvalue weighted by molar-refractivity contribution is 6.57. The van der Waals surface area contributed by atoms with Gasteiger partial charge >= 0.3 is 8.97 Å². The van der Waals surface area contributed by atoms with Gasteiger partial charge in [0.25, 0.3) is 0 Å². The van der Waals surface area contributed by atoms with E-state index in [1.807, 2.05) is 0 Å². The molecule has 18 heavy (non-hydrogen) atoms. The first-order valence-electron chi connectivity index (χ1n) is 6.22. The minimum atomic E-state index is -2.74. The Morgan fingerprint density at radius 1 is 0.944 bits per heavy atom. The Bertz CT molecular complexity index is 188. The molecule has 0 saturated carbocycles. The fourth-order valence-electron chi connectivity index (χ4n) is 1.75. The van der Waals surface area contributed by atoms with Crippen LogP contribution in [0.4, 0.5) is 0 Å². The zero-order chi connectivity index (χ0) is 13.9. The number of nitrogens with one attached hydrogen (secondary N) is 1. The van der Waals surface area contributed by atoms with Gasteiger partial charge in [-0.05, 0) is 19.5 Å². The summed E-state index contributed by atoms with van der Waals surface area (Å²) in [6, 6.07) is 0. The minimum absolute atomic E-state index is 0.629. The Labute approximate surface area is 111 Å². The zero-order valence-electron chi connectivity index (χ0n) is 11.8. The molecule has 0 aliphatic carbocycles. The van der Waals surface area contributed by atoms with Crippen molar-refractivity contribution in [3.63, 3.8) is 0 Å². The lowest BCUT2D eigenvalue weighted by molar-refractivity contribution is 0.0574. The minimum Gasteiger partial charge on any atom is -0.364 e.